The number of carbonyl (C=O) groups excluding carboxylic acids is 1. The van der Waals surface area contributed by atoms with Gasteiger partial charge in [-0.2, -0.15) is 0 Å². The number of nitrogens with one attached hydrogen (secondary N) is 1. The summed E-state index contributed by atoms with van der Waals surface area (Å²) in [6.07, 6.45) is 0. The summed E-state index contributed by atoms with van der Waals surface area (Å²) in [5.41, 5.74) is 3.64. The second-order valence-corrected chi connectivity index (χ2v) is 8.46. The lowest BCUT2D eigenvalue weighted by Gasteiger charge is -2.29. The fraction of sp³-hybridized carbons (Fsp3) is 0.375. The molecule has 168 valence electrons. The molecule has 0 radical (unpaired) electrons. The lowest BCUT2D eigenvalue weighted by molar-refractivity contribution is -0.113. The van der Waals surface area contributed by atoms with Gasteiger partial charge in [0.05, 0.1) is 30.0 Å². The Labute approximate surface area is 193 Å². The molecule has 0 unspecified atom stereocenters. The van der Waals surface area contributed by atoms with E-state index < -0.39 is 0 Å². The van der Waals surface area contributed by atoms with Gasteiger partial charge in [0.25, 0.3) is 0 Å². The molecular weight excluding hydrogens is 422 g/mol. The van der Waals surface area contributed by atoms with Crippen molar-refractivity contribution in [3.05, 3.63) is 48.5 Å². The Balaban J connectivity index is 1.45. The Bertz CT molecular complexity index is 1050. The summed E-state index contributed by atoms with van der Waals surface area (Å²) in [5.74, 6) is 1.03. The number of rotatable bonds is 8. The zero-order valence-corrected chi connectivity index (χ0v) is 19.4. The van der Waals surface area contributed by atoms with Crippen LogP contribution in [0.2, 0.25) is 0 Å². The van der Waals surface area contributed by atoms with Gasteiger partial charge in [-0.3, -0.25) is 4.79 Å². The first-order valence-corrected chi connectivity index (χ1v) is 12.0. The molecule has 1 aliphatic heterocycles. The monoisotopic (exact) mass is 451 g/mol. The zero-order valence-electron chi connectivity index (χ0n) is 18.6. The molecule has 0 bridgehead atoms. The molecule has 0 atom stereocenters. The highest BCUT2D eigenvalue weighted by Gasteiger charge is 2.19. The van der Waals surface area contributed by atoms with E-state index in [0.717, 1.165) is 59.4 Å². The van der Waals surface area contributed by atoms with E-state index in [9.17, 15) is 4.79 Å². The average Bonchev–Trinajstić information content (AvgIpc) is 2.84. The van der Waals surface area contributed by atoms with Crippen LogP contribution in [0.25, 0.3) is 11.0 Å². The van der Waals surface area contributed by atoms with Crippen molar-refractivity contribution < 1.29 is 9.53 Å². The number of ether oxygens (including phenoxy) is 1. The van der Waals surface area contributed by atoms with Crippen LogP contribution in [-0.4, -0.2) is 61.0 Å². The number of hydrogen-bond donors (Lipinski definition) is 1. The topological polar surface area (TPSA) is 70.6 Å². The van der Waals surface area contributed by atoms with Crippen molar-refractivity contribution in [2.45, 2.75) is 18.9 Å². The molecule has 7 nitrogen and oxygen atoms in total. The van der Waals surface area contributed by atoms with Crippen molar-refractivity contribution in [3.63, 3.8) is 0 Å². The summed E-state index contributed by atoms with van der Waals surface area (Å²) >= 11 is 1.42. The van der Waals surface area contributed by atoms with Crippen LogP contribution in [0.4, 0.5) is 17.2 Å². The quantitative estimate of drug-likeness (QED) is 0.518. The van der Waals surface area contributed by atoms with E-state index in [4.69, 9.17) is 14.7 Å². The maximum absolute atomic E-state index is 12.6. The zero-order chi connectivity index (χ0) is 22.3. The normalized spacial score (nSPS) is 13.9. The number of anilines is 3. The van der Waals surface area contributed by atoms with Crippen molar-refractivity contribution in [2.75, 3.05) is 60.3 Å². The molecule has 0 saturated carbocycles. The molecule has 1 fully saturated rings. The minimum Gasteiger partial charge on any atom is -0.378 e. The molecule has 0 spiro atoms. The molecule has 32 heavy (non-hydrogen) atoms. The molecule has 8 heteroatoms. The van der Waals surface area contributed by atoms with Gasteiger partial charge in [-0.25, -0.2) is 9.97 Å². The Morgan fingerprint density at radius 3 is 2.34 bits per heavy atom. The lowest BCUT2D eigenvalue weighted by atomic mass is 10.2. The molecule has 1 amide bonds. The third-order valence-electron chi connectivity index (χ3n) is 5.45. The predicted octanol–water partition coefficient (Wildman–Crippen LogP) is 4.04. The van der Waals surface area contributed by atoms with Crippen LogP contribution in [0.3, 0.4) is 0 Å². The fourth-order valence-corrected chi connectivity index (χ4v) is 4.53. The van der Waals surface area contributed by atoms with Gasteiger partial charge < -0.3 is 19.9 Å². The van der Waals surface area contributed by atoms with Gasteiger partial charge in [0.1, 0.15) is 5.03 Å². The third-order valence-corrected chi connectivity index (χ3v) is 6.41. The van der Waals surface area contributed by atoms with E-state index >= 15 is 0 Å². The summed E-state index contributed by atoms with van der Waals surface area (Å²) in [4.78, 5) is 26.8. The second-order valence-electron chi connectivity index (χ2n) is 7.50. The van der Waals surface area contributed by atoms with Crippen LogP contribution < -0.4 is 15.1 Å². The lowest BCUT2D eigenvalue weighted by Crippen LogP contribution is -2.37. The number of nitrogens with zero attached hydrogens (tertiary/aromatic N) is 4. The van der Waals surface area contributed by atoms with Crippen LogP contribution >= 0.6 is 11.8 Å². The Kier molecular flexibility index (Phi) is 7.44. The van der Waals surface area contributed by atoms with Gasteiger partial charge in [-0.15, -0.1) is 0 Å². The first-order chi connectivity index (χ1) is 15.7. The number of aromatic nitrogens is 2. The van der Waals surface area contributed by atoms with Gasteiger partial charge in [-0.05, 0) is 50.2 Å². The standard InChI is InChI=1S/C24H29N5O2S/c1-3-28(4-2)19-11-9-18(10-12-19)25-22(30)17-32-24-23(29-13-15-31-16-14-29)26-20-7-5-6-8-21(20)27-24/h5-12H,3-4,13-17H2,1-2H3,(H,25,30). The van der Waals surface area contributed by atoms with Crippen molar-refractivity contribution >= 4 is 45.9 Å². The highest BCUT2D eigenvalue weighted by Crippen LogP contribution is 2.30. The third kappa shape index (κ3) is 5.31. The molecular formula is C24H29N5O2S. The van der Waals surface area contributed by atoms with Crippen LogP contribution in [-0.2, 0) is 9.53 Å². The van der Waals surface area contributed by atoms with E-state index in [1.54, 1.807) is 0 Å². The summed E-state index contributed by atoms with van der Waals surface area (Å²) in [5, 5.41) is 3.77. The second kappa shape index (κ2) is 10.7. The summed E-state index contributed by atoms with van der Waals surface area (Å²) in [7, 11) is 0. The fourth-order valence-electron chi connectivity index (χ4n) is 3.73. The molecule has 0 aliphatic carbocycles. The SMILES string of the molecule is CCN(CC)c1ccc(NC(=O)CSc2nc3ccccc3nc2N2CCOCC2)cc1. The molecule has 2 aromatic carbocycles. The molecule has 1 aromatic heterocycles. The van der Waals surface area contributed by atoms with E-state index in [-0.39, 0.29) is 11.7 Å². The molecule has 2 heterocycles. The van der Waals surface area contributed by atoms with Gasteiger partial charge >= 0.3 is 0 Å². The highest BCUT2D eigenvalue weighted by molar-refractivity contribution is 8.00. The van der Waals surface area contributed by atoms with Gasteiger partial charge in [0, 0.05) is 37.6 Å². The number of amides is 1. The van der Waals surface area contributed by atoms with Crippen molar-refractivity contribution in [1.82, 2.24) is 9.97 Å². The molecule has 1 aliphatic rings. The van der Waals surface area contributed by atoms with Crippen LogP contribution in [0.15, 0.2) is 53.6 Å². The summed E-state index contributed by atoms with van der Waals surface area (Å²) in [6, 6.07) is 15.8. The van der Waals surface area contributed by atoms with E-state index in [1.807, 2.05) is 48.5 Å². The molecule has 1 N–H and O–H groups in total. The molecule has 3 aromatic rings. The van der Waals surface area contributed by atoms with E-state index in [2.05, 4.69) is 29.0 Å². The number of benzene rings is 2. The number of fused-ring (bicyclic) bond motifs is 1. The smallest absolute Gasteiger partial charge is 0.234 e. The average molecular weight is 452 g/mol. The predicted molar refractivity (Wildman–Crippen MR) is 132 cm³/mol. The number of morpholine rings is 1. The molecule has 1 saturated heterocycles. The highest BCUT2D eigenvalue weighted by atomic mass is 32.2. The van der Waals surface area contributed by atoms with Crippen molar-refractivity contribution in [1.29, 1.82) is 0 Å². The molecule has 4 rings (SSSR count). The minimum absolute atomic E-state index is 0.0616. The van der Waals surface area contributed by atoms with Crippen LogP contribution in [0.1, 0.15) is 13.8 Å². The summed E-state index contributed by atoms with van der Waals surface area (Å²) < 4.78 is 5.49. The first kappa shape index (κ1) is 22.4. The Hall–Kier alpha value is -2.84. The number of hydrogen-bond acceptors (Lipinski definition) is 7. The van der Waals surface area contributed by atoms with Gasteiger partial charge in [-0.1, -0.05) is 23.9 Å². The van der Waals surface area contributed by atoms with Gasteiger partial charge in [0.15, 0.2) is 5.82 Å². The van der Waals surface area contributed by atoms with E-state index in [0.29, 0.717) is 13.2 Å². The van der Waals surface area contributed by atoms with Crippen molar-refractivity contribution in [3.8, 4) is 0 Å². The maximum atomic E-state index is 12.6. The number of para-hydroxylation sites is 2. The van der Waals surface area contributed by atoms with Crippen LogP contribution in [0, 0.1) is 0 Å². The first-order valence-electron chi connectivity index (χ1n) is 11.0. The largest absolute Gasteiger partial charge is 0.378 e. The van der Waals surface area contributed by atoms with Gasteiger partial charge in [0.2, 0.25) is 5.91 Å². The number of carbonyl (C=O) groups is 1. The van der Waals surface area contributed by atoms with Crippen molar-refractivity contribution in [2.24, 2.45) is 0 Å². The maximum Gasteiger partial charge on any atom is 0.234 e. The van der Waals surface area contributed by atoms with Crippen LogP contribution in [0.5, 0.6) is 0 Å². The summed E-state index contributed by atoms with van der Waals surface area (Å²) in [6.45, 7) is 9.06. The Morgan fingerprint density at radius 2 is 1.69 bits per heavy atom. The number of thioether (sulfide) groups is 1. The Morgan fingerprint density at radius 1 is 1.03 bits per heavy atom. The van der Waals surface area contributed by atoms with E-state index in [1.165, 1.54) is 11.8 Å². The minimum atomic E-state index is -0.0616.